The Balaban J connectivity index is 0.00000306. The van der Waals surface area contributed by atoms with Gasteiger partial charge in [0.05, 0.1) is 20.2 Å². The number of hydrogen-bond acceptors (Lipinski definition) is 5. The van der Waals surface area contributed by atoms with E-state index < -0.39 is 0 Å². The second kappa shape index (κ2) is 11.9. The van der Waals surface area contributed by atoms with E-state index in [0.29, 0.717) is 19.1 Å². The van der Waals surface area contributed by atoms with Gasteiger partial charge >= 0.3 is 0 Å². The third-order valence-corrected chi connectivity index (χ3v) is 5.83. The normalized spacial score (nSPS) is 15.8. The molecule has 176 valence electrons. The number of aryl methyl sites for hydroxylation is 1. The first-order chi connectivity index (χ1) is 15.6. The monoisotopic (exact) mass is 561 g/mol. The number of benzene rings is 2. The fourth-order valence-corrected chi connectivity index (χ4v) is 3.77. The summed E-state index contributed by atoms with van der Waals surface area (Å²) in [6.45, 7) is 5.05. The van der Waals surface area contributed by atoms with Gasteiger partial charge in [-0.3, -0.25) is 0 Å². The molecule has 0 radical (unpaired) electrons. The molecule has 1 saturated heterocycles. The molecule has 4 rings (SSSR count). The minimum Gasteiger partial charge on any atom is -0.497 e. The number of aromatic nitrogens is 3. The van der Waals surface area contributed by atoms with E-state index >= 15 is 0 Å². The fourth-order valence-electron chi connectivity index (χ4n) is 3.77. The Hall–Kier alpha value is -2.82. The van der Waals surface area contributed by atoms with Gasteiger partial charge in [0, 0.05) is 31.9 Å². The summed E-state index contributed by atoms with van der Waals surface area (Å²) in [7, 11) is 3.65. The number of nitrogens with one attached hydrogen (secondary N) is 2. The average molecular weight is 561 g/mol. The molecule has 0 spiro atoms. The molecule has 8 nitrogen and oxygen atoms in total. The molecule has 9 heteroatoms. The lowest BCUT2D eigenvalue weighted by atomic mass is 10.2. The van der Waals surface area contributed by atoms with E-state index in [1.54, 1.807) is 7.11 Å². The molecule has 0 amide bonds. The Kier molecular flexibility index (Phi) is 8.93. The van der Waals surface area contributed by atoms with Gasteiger partial charge < -0.3 is 24.8 Å². The van der Waals surface area contributed by atoms with Crippen LogP contribution < -0.4 is 20.3 Å². The lowest BCUT2D eigenvalue weighted by Gasteiger charge is -2.20. The number of ether oxygens (including phenoxy) is 1. The highest BCUT2D eigenvalue weighted by molar-refractivity contribution is 14.0. The smallest absolute Gasteiger partial charge is 0.192 e. The van der Waals surface area contributed by atoms with Crippen LogP contribution in [0.4, 0.5) is 5.69 Å². The second-order valence-corrected chi connectivity index (χ2v) is 8.00. The Labute approximate surface area is 212 Å². The van der Waals surface area contributed by atoms with Gasteiger partial charge in [-0.25, -0.2) is 4.99 Å². The topological polar surface area (TPSA) is 79.6 Å². The van der Waals surface area contributed by atoms with Crippen molar-refractivity contribution in [2.75, 3.05) is 25.1 Å². The van der Waals surface area contributed by atoms with Crippen LogP contribution in [0.25, 0.3) is 0 Å². The van der Waals surface area contributed by atoms with Crippen molar-refractivity contribution in [3.8, 4) is 5.75 Å². The summed E-state index contributed by atoms with van der Waals surface area (Å²) in [6.07, 6.45) is 1.06. The molecule has 0 aliphatic carbocycles. The summed E-state index contributed by atoms with van der Waals surface area (Å²) in [5, 5.41) is 15.5. The van der Waals surface area contributed by atoms with Crippen molar-refractivity contribution in [2.45, 2.75) is 32.5 Å². The van der Waals surface area contributed by atoms with Gasteiger partial charge in [-0.2, -0.15) is 0 Å². The quantitative estimate of drug-likeness (QED) is 0.262. The van der Waals surface area contributed by atoms with E-state index in [-0.39, 0.29) is 24.0 Å². The van der Waals surface area contributed by atoms with Gasteiger partial charge in [-0.05, 0) is 43.2 Å². The van der Waals surface area contributed by atoms with Crippen molar-refractivity contribution >= 4 is 35.6 Å². The number of aliphatic imine (C=N–C) groups is 1. The Morgan fingerprint density at radius 1 is 1.12 bits per heavy atom. The zero-order valence-corrected chi connectivity index (χ0v) is 21.7. The number of hydrogen-bond donors (Lipinski definition) is 2. The number of halogens is 1. The number of anilines is 1. The van der Waals surface area contributed by atoms with Crippen molar-refractivity contribution in [2.24, 2.45) is 12.0 Å². The highest BCUT2D eigenvalue weighted by Gasteiger charge is 2.23. The third kappa shape index (κ3) is 6.59. The SMILES string of the molecule is COc1ccc(CN=C(NCc2nnc(C)n2C)NC2CCN(c3ccccc3)C2)cc1.I. The van der Waals surface area contributed by atoms with Crippen LogP contribution in [0.5, 0.6) is 5.75 Å². The maximum Gasteiger partial charge on any atom is 0.192 e. The summed E-state index contributed by atoms with van der Waals surface area (Å²) in [5.41, 5.74) is 2.38. The van der Waals surface area contributed by atoms with Crippen molar-refractivity contribution in [3.05, 3.63) is 71.8 Å². The van der Waals surface area contributed by atoms with E-state index in [1.807, 2.05) is 42.8 Å². The second-order valence-electron chi connectivity index (χ2n) is 8.00. The maximum absolute atomic E-state index is 5.25. The highest BCUT2D eigenvalue weighted by atomic mass is 127. The lowest BCUT2D eigenvalue weighted by molar-refractivity contribution is 0.414. The van der Waals surface area contributed by atoms with Crippen LogP contribution in [0.3, 0.4) is 0 Å². The molecular weight excluding hydrogens is 529 g/mol. The first-order valence-electron chi connectivity index (χ1n) is 10.9. The summed E-state index contributed by atoms with van der Waals surface area (Å²) in [6, 6.07) is 18.9. The Morgan fingerprint density at radius 3 is 2.55 bits per heavy atom. The molecule has 1 aliphatic heterocycles. The van der Waals surface area contributed by atoms with Crippen molar-refractivity contribution in [1.29, 1.82) is 0 Å². The number of rotatable bonds is 7. The summed E-state index contributed by atoms with van der Waals surface area (Å²) in [5.74, 6) is 3.39. The Morgan fingerprint density at radius 2 is 1.88 bits per heavy atom. The molecule has 1 aromatic heterocycles. The molecule has 2 aromatic carbocycles. The molecule has 1 atom stereocenters. The lowest BCUT2D eigenvalue weighted by Crippen LogP contribution is -2.44. The van der Waals surface area contributed by atoms with E-state index in [4.69, 9.17) is 9.73 Å². The molecule has 3 aromatic rings. The van der Waals surface area contributed by atoms with Gasteiger partial charge in [0.25, 0.3) is 0 Å². The average Bonchev–Trinajstić information content (AvgIpc) is 3.43. The minimum atomic E-state index is 0. The standard InChI is InChI=1S/C24H31N7O.HI/c1-18-28-29-23(30(18)2)16-26-24(25-15-19-9-11-22(32-3)12-10-19)27-20-13-14-31(17-20)21-7-5-4-6-8-21;/h4-12,20H,13-17H2,1-3H3,(H2,25,26,27);1H. The van der Waals surface area contributed by atoms with Crippen molar-refractivity contribution in [1.82, 2.24) is 25.4 Å². The van der Waals surface area contributed by atoms with Gasteiger partial charge in [-0.15, -0.1) is 34.2 Å². The number of methoxy groups -OCH3 is 1. The number of nitrogens with zero attached hydrogens (tertiary/aromatic N) is 5. The Bertz CT molecular complexity index is 1040. The van der Waals surface area contributed by atoms with E-state index in [2.05, 4.69) is 56.1 Å². The van der Waals surface area contributed by atoms with Gasteiger partial charge in [0.1, 0.15) is 11.6 Å². The largest absolute Gasteiger partial charge is 0.497 e. The molecule has 33 heavy (non-hydrogen) atoms. The maximum atomic E-state index is 5.25. The summed E-state index contributed by atoms with van der Waals surface area (Å²) >= 11 is 0. The van der Waals surface area contributed by atoms with Gasteiger partial charge in [0.2, 0.25) is 0 Å². The van der Waals surface area contributed by atoms with Gasteiger partial charge in [-0.1, -0.05) is 30.3 Å². The van der Waals surface area contributed by atoms with Crippen LogP contribution in [-0.2, 0) is 20.1 Å². The zero-order chi connectivity index (χ0) is 22.3. The third-order valence-electron chi connectivity index (χ3n) is 5.83. The van der Waals surface area contributed by atoms with Crippen LogP contribution >= 0.6 is 24.0 Å². The molecule has 1 aliphatic rings. The first kappa shape index (κ1) is 24.8. The van der Waals surface area contributed by atoms with Crippen molar-refractivity contribution in [3.63, 3.8) is 0 Å². The predicted molar refractivity (Wildman–Crippen MR) is 142 cm³/mol. The number of guanidine groups is 1. The molecular formula is C24H32IN7O. The van der Waals surface area contributed by atoms with E-state index in [9.17, 15) is 0 Å². The molecule has 1 fully saturated rings. The first-order valence-corrected chi connectivity index (χ1v) is 10.9. The van der Waals surface area contributed by atoms with Gasteiger partial charge in [0.15, 0.2) is 11.8 Å². The molecule has 2 N–H and O–H groups in total. The summed E-state index contributed by atoms with van der Waals surface area (Å²) in [4.78, 5) is 7.25. The van der Waals surface area contributed by atoms with Crippen LogP contribution in [0.1, 0.15) is 23.6 Å². The highest BCUT2D eigenvalue weighted by Crippen LogP contribution is 2.19. The molecule has 2 heterocycles. The van der Waals surface area contributed by atoms with E-state index in [1.165, 1.54) is 5.69 Å². The molecule has 1 unspecified atom stereocenters. The fraction of sp³-hybridized carbons (Fsp3) is 0.375. The minimum absolute atomic E-state index is 0. The van der Waals surface area contributed by atoms with E-state index in [0.717, 1.165) is 48.4 Å². The molecule has 0 bridgehead atoms. The van der Waals surface area contributed by atoms with Crippen LogP contribution in [0, 0.1) is 6.92 Å². The summed E-state index contributed by atoms with van der Waals surface area (Å²) < 4.78 is 7.24. The van der Waals surface area contributed by atoms with Crippen LogP contribution in [0.2, 0.25) is 0 Å². The van der Waals surface area contributed by atoms with Crippen LogP contribution in [-0.4, -0.2) is 47.0 Å². The number of para-hydroxylation sites is 1. The molecule has 0 saturated carbocycles. The van der Waals surface area contributed by atoms with Crippen LogP contribution in [0.15, 0.2) is 59.6 Å². The predicted octanol–water partition coefficient (Wildman–Crippen LogP) is 3.26. The van der Waals surface area contributed by atoms with Crippen molar-refractivity contribution < 1.29 is 4.74 Å². The zero-order valence-electron chi connectivity index (χ0n) is 19.4.